The maximum atomic E-state index is 12.2. The first-order valence-electron chi connectivity index (χ1n) is 8.27. The van der Waals surface area contributed by atoms with E-state index in [1.165, 1.54) is 6.20 Å². The van der Waals surface area contributed by atoms with Gasteiger partial charge in [-0.2, -0.15) is 5.10 Å². The van der Waals surface area contributed by atoms with Gasteiger partial charge in [-0.3, -0.25) is 14.3 Å². The van der Waals surface area contributed by atoms with Crippen LogP contribution in [0.5, 0.6) is 0 Å². The largest absolute Gasteiger partial charge is 0.350 e. The van der Waals surface area contributed by atoms with Crippen molar-refractivity contribution in [2.75, 3.05) is 0 Å². The summed E-state index contributed by atoms with van der Waals surface area (Å²) in [5.41, 5.74) is 1.57. The Hall–Kier alpha value is -3.06. The zero-order chi connectivity index (χ0) is 17.9. The second kappa shape index (κ2) is 7.05. The highest BCUT2D eigenvalue weighted by atomic mass is 32.1. The Morgan fingerprint density at radius 2 is 1.92 bits per heavy atom. The van der Waals surface area contributed by atoms with E-state index in [1.807, 2.05) is 42.5 Å². The van der Waals surface area contributed by atoms with E-state index in [-0.39, 0.29) is 17.8 Å². The molecule has 0 unspecified atom stereocenters. The van der Waals surface area contributed by atoms with E-state index in [1.54, 1.807) is 22.1 Å². The second-order valence-corrected chi connectivity index (χ2v) is 6.97. The Labute approximate surface area is 153 Å². The van der Waals surface area contributed by atoms with Gasteiger partial charge in [-0.25, -0.2) is 4.98 Å². The molecule has 1 amide bonds. The van der Waals surface area contributed by atoms with Gasteiger partial charge in [-0.1, -0.05) is 24.3 Å². The quantitative estimate of drug-likeness (QED) is 0.591. The van der Waals surface area contributed by atoms with Crippen LogP contribution in [-0.2, 0) is 17.9 Å². The molecule has 130 valence electrons. The van der Waals surface area contributed by atoms with Crippen LogP contribution in [0.3, 0.4) is 0 Å². The van der Waals surface area contributed by atoms with E-state index >= 15 is 0 Å². The number of hydrogen-bond donors (Lipinski definition) is 1. The third-order valence-corrected chi connectivity index (χ3v) is 5.12. The van der Waals surface area contributed by atoms with Crippen LogP contribution in [-0.4, -0.2) is 20.7 Å². The standard InChI is InChI=1S/C19H16N4O2S/c24-16-11-21-23(15-7-3-1-5-13(15)16)10-9-18(25)20-12-19-22-14-6-2-4-8-17(14)26-19/h1-8,11H,9-10,12H2,(H,20,25). The van der Waals surface area contributed by atoms with Gasteiger partial charge in [0.25, 0.3) is 0 Å². The molecule has 4 aromatic rings. The topological polar surface area (TPSA) is 76.9 Å². The average Bonchev–Trinajstić information content (AvgIpc) is 3.09. The zero-order valence-corrected chi connectivity index (χ0v) is 14.7. The summed E-state index contributed by atoms with van der Waals surface area (Å²) >= 11 is 1.58. The fraction of sp³-hybridized carbons (Fsp3) is 0.158. The lowest BCUT2D eigenvalue weighted by Crippen LogP contribution is -2.24. The van der Waals surface area contributed by atoms with Crippen molar-refractivity contribution in [2.24, 2.45) is 0 Å². The number of carbonyl (C=O) groups excluding carboxylic acids is 1. The molecule has 0 radical (unpaired) electrons. The highest BCUT2D eigenvalue weighted by Gasteiger charge is 2.08. The molecule has 2 aromatic heterocycles. The monoisotopic (exact) mass is 364 g/mol. The van der Waals surface area contributed by atoms with Crippen molar-refractivity contribution < 1.29 is 4.79 Å². The van der Waals surface area contributed by atoms with Crippen LogP contribution in [0.2, 0.25) is 0 Å². The molecular weight excluding hydrogens is 348 g/mol. The lowest BCUT2D eigenvalue weighted by Gasteiger charge is -2.09. The number of aromatic nitrogens is 3. The van der Waals surface area contributed by atoms with E-state index in [2.05, 4.69) is 15.4 Å². The number of amides is 1. The van der Waals surface area contributed by atoms with Crippen LogP contribution in [0.15, 0.2) is 59.5 Å². The van der Waals surface area contributed by atoms with E-state index < -0.39 is 0 Å². The van der Waals surface area contributed by atoms with Gasteiger partial charge in [-0.05, 0) is 24.3 Å². The van der Waals surface area contributed by atoms with E-state index in [0.29, 0.717) is 18.5 Å². The van der Waals surface area contributed by atoms with Gasteiger partial charge < -0.3 is 5.32 Å². The molecule has 0 spiro atoms. The SMILES string of the molecule is O=C(CCn1ncc(=O)c2ccccc21)NCc1nc2ccccc2s1. The van der Waals surface area contributed by atoms with Gasteiger partial charge in [0, 0.05) is 11.8 Å². The van der Waals surface area contributed by atoms with Gasteiger partial charge in [-0.15, -0.1) is 11.3 Å². The fourth-order valence-electron chi connectivity index (χ4n) is 2.80. The first-order valence-corrected chi connectivity index (χ1v) is 9.08. The van der Waals surface area contributed by atoms with Gasteiger partial charge >= 0.3 is 0 Å². The Morgan fingerprint density at radius 1 is 1.12 bits per heavy atom. The summed E-state index contributed by atoms with van der Waals surface area (Å²) in [7, 11) is 0. The van der Waals surface area contributed by atoms with E-state index in [9.17, 15) is 9.59 Å². The van der Waals surface area contributed by atoms with Gasteiger partial charge in [0.15, 0.2) is 0 Å². The van der Waals surface area contributed by atoms with Crippen molar-refractivity contribution in [3.05, 3.63) is 70.0 Å². The Kier molecular flexibility index (Phi) is 4.45. The molecule has 0 aliphatic carbocycles. The highest BCUT2D eigenvalue weighted by molar-refractivity contribution is 7.18. The average molecular weight is 364 g/mol. The molecule has 0 saturated carbocycles. The van der Waals surface area contributed by atoms with Crippen LogP contribution in [0.1, 0.15) is 11.4 Å². The summed E-state index contributed by atoms with van der Waals surface area (Å²) in [6, 6.07) is 15.2. The number of benzene rings is 2. The molecule has 0 bridgehead atoms. The van der Waals surface area contributed by atoms with Crippen LogP contribution in [0, 0.1) is 0 Å². The predicted octanol–water partition coefficient (Wildman–Crippen LogP) is 2.71. The summed E-state index contributed by atoms with van der Waals surface area (Å²) in [6.45, 7) is 0.822. The first kappa shape index (κ1) is 16.4. The van der Waals surface area contributed by atoms with Crippen LogP contribution < -0.4 is 10.7 Å². The Balaban J connectivity index is 1.40. The smallest absolute Gasteiger partial charge is 0.222 e. The molecule has 2 aromatic carbocycles. The van der Waals surface area contributed by atoms with Crippen LogP contribution in [0.4, 0.5) is 0 Å². The number of para-hydroxylation sites is 2. The molecule has 4 rings (SSSR count). The summed E-state index contributed by atoms with van der Waals surface area (Å²) in [4.78, 5) is 28.5. The first-order chi connectivity index (χ1) is 12.7. The minimum atomic E-state index is -0.114. The van der Waals surface area contributed by atoms with Gasteiger partial charge in [0.2, 0.25) is 11.3 Å². The summed E-state index contributed by atoms with van der Waals surface area (Å²) < 4.78 is 2.80. The number of nitrogens with one attached hydrogen (secondary N) is 1. The minimum Gasteiger partial charge on any atom is -0.350 e. The highest BCUT2D eigenvalue weighted by Crippen LogP contribution is 2.21. The lowest BCUT2D eigenvalue weighted by molar-refractivity contribution is -0.121. The van der Waals surface area contributed by atoms with Crippen molar-refractivity contribution >= 4 is 38.4 Å². The summed E-state index contributed by atoms with van der Waals surface area (Å²) in [5, 5.41) is 8.52. The van der Waals surface area contributed by atoms with E-state index in [4.69, 9.17) is 0 Å². The minimum absolute atomic E-state index is 0.0752. The number of thiazole rings is 1. The number of rotatable bonds is 5. The second-order valence-electron chi connectivity index (χ2n) is 5.85. The van der Waals surface area contributed by atoms with Gasteiger partial charge in [0.1, 0.15) is 5.01 Å². The van der Waals surface area contributed by atoms with Crippen molar-refractivity contribution in [2.45, 2.75) is 19.5 Å². The van der Waals surface area contributed by atoms with E-state index in [0.717, 1.165) is 20.7 Å². The molecule has 2 heterocycles. The fourth-order valence-corrected chi connectivity index (χ4v) is 3.71. The molecule has 6 nitrogen and oxygen atoms in total. The summed E-state index contributed by atoms with van der Waals surface area (Å²) in [6.07, 6.45) is 1.58. The molecular formula is C19H16N4O2S. The number of hydrogen-bond acceptors (Lipinski definition) is 5. The molecule has 7 heteroatoms. The zero-order valence-electron chi connectivity index (χ0n) is 13.9. The normalized spacial score (nSPS) is 11.1. The number of nitrogens with zero attached hydrogens (tertiary/aromatic N) is 3. The predicted molar refractivity (Wildman–Crippen MR) is 102 cm³/mol. The van der Waals surface area contributed by atoms with Gasteiger partial charge in [0.05, 0.1) is 35.0 Å². The molecule has 1 N–H and O–H groups in total. The molecule has 0 aliphatic heterocycles. The third-order valence-electron chi connectivity index (χ3n) is 4.09. The molecule has 0 aliphatic rings. The number of fused-ring (bicyclic) bond motifs is 2. The maximum Gasteiger partial charge on any atom is 0.222 e. The maximum absolute atomic E-state index is 12.2. The Bertz CT molecular complexity index is 1120. The van der Waals surface area contributed by atoms with Crippen molar-refractivity contribution in [1.82, 2.24) is 20.1 Å². The lowest BCUT2D eigenvalue weighted by atomic mass is 10.2. The van der Waals surface area contributed by atoms with Crippen molar-refractivity contribution in [1.29, 1.82) is 0 Å². The number of carbonyl (C=O) groups is 1. The number of aryl methyl sites for hydroxylation is 1. The van der Waals surface area contributed by atoms with Crippen LogP contribution >= 0.6 is 11.3 Å². The third kappa shape index (κ3) is 3.34. The van der Waals surface area contributed by atoms with Crippen molar-refractivity contribution in [3.63, 3.8) is 0 Å². The Morgan fingerprint density at radius 3 is 2.81 bits per heavy atom. The van der Waals surface area contributed by atoms with Crippen molar-refractivity contribution in [3.8, 4) is 0 Å². The summed E-state index contributed by atoms with van der Waals surface area (Å²) in [5.74, 6) is -0.0752. The molecule has 26 heavy (non-hydrogen) atoms. The molecule has 0 atom stereocenters. The molecule has 0 fully saturated rings. The molecule has 0 saturated heterocycles. The van der Waals surface area contributed by atoms with Crippen LogP contribution in [0.25, 0.3) is 21.1 Å².